The SMILES string of the molecule is CCOc1cc(/C=C2\SC(=S)N(c3cccc([N+](=O)[O-])c3)C2=O)ccc1OCc1c(F)cccc1Cl. The summed E-state index contributed by atoms with van der Waals surface area (Å²) in [5.74, 6) is -0.0637. The molecule has 0 spiro atoms. The Labute approximate surface area is 220 Å². The minimum absolute atomic E-state index is 0.0905. The van der Waals surface area contributed by atoms with Gasteiger partial charge in [0.2, 0.25) is 0 Å². The van der Waals surface area contributed by atoms with Gasteiger partial charge in [-0.3, -0.25) is 19.8 Å². The number of anilines is 1. The van der Waals surface area contributed by atoms with Crippen molar-refractivity contribution in [2.75, 3.05) is 11.5 Å². The van der Waals surface area contributed by atoms with E-state index in [4.69, 9.17) is 33.3 Å². The molecule has 0 unspecified atom stereocenters. The van der Waals surface area contributed by atoms with Crippen LogP contribution in [0.3, 0.4) is 0 Å². The summed E-state index contributed by atoms with van der Waals surface area (Å²) in [6.45, 7) is 2.08. The third-order valence-electron chi connectivity index (χ3n) is 5.09. The maximum Gasteiger partial charge on any atom is 0.271 e. The Morgan fingerprint density at radius 2 is 1.92 bits per heavy atom. The maximum atomic E-state index is 14.1. The van der Waals surface area contributed by atoms with Crippen LogP contribution in [0.25, 0.3) is 6.08 Å². The molecular formula is C25H18ClFN2O5S2. The highest BCUT2D eigenvalue weighted by atomic mass is 35.5. The molecule has 0 N–H and O–H groups in total. The second-order valence-corrected chi connectivity index (χ2v) is 9.51. The number of rotatable bonds is 8. The Morgan fingerprint density at radius 1 is 1.14 bits per heavy atom. The van der Waals surface area contributed by atoms with Gasteiger partial charge in [0.1, 0.15) is 12.4 Å². The molecule has 0 radical (unpaired) electrons. The van der Waals surface area contributed by atoms with Crippen LogP contribution >= 0.6 is 35.6 Å². The summed E-state index contributed by atoms with van der Waals surface area (Å²) in [6.07, 6.45) is 1.65. The quantitative estimate of drug-likeness (QED) is 0.134. The number of thiocarbonyl (C=S) groups is 1. The molecule has 4 rings (SSSR count). The van der Waals surface area contributed by atoms with Gasteiger partial charge in [-0.1, -0.05) is 53.8 Å². The van der Waals surface area contributed by atoms with E-state index in [9.17, 15) is 19.3 Å². The van der Waals surface area contributed by atoms with Gasteiger partial charge in [-0.15, -0.1) is 0 Å². The average Bonchev–Trinajstić information content (AvgIpc) is 3.12. The fourth-order valence-electron chi connectivity index (χ4n) is 3.41. The lowest BCUT2D eigenvalue weighted by atomic mass is 10.1. The minimum Gasteiger partial charge on any atom is -0.490 e. The zero-order valence-electron chi connectivity index (χ0n) is 18.8. The van der Waals surface area contributed by atoms with E-state index in [0.717, 1.165) is 11.8 Å². The standard InChI is InChI=1S/C25H18ClFN2O5S2/c1-2-33-22-11-15(9-10-21(22)34-14-18-19(26)7-4-8-20(18)27)12-23-24(30)28(25(35)36-23)16-5-3-6-17(13-16)29(31)32/h3-13H,2,14H2,1H3/b23-12-. The van der Waals surface area contributed by atoms with Crippen molar-refractivity contribution in [3.8, 4) is 11.5 Å². The summed E-state index contributed by atoms with van der Waals surface area (Å²) >= 11 is 12.5. The number of nitro benzene ring substituents is 1. The van der Waals surface area contributed by atoms with E-state index in [1.807, 2.05) is 6.92 Å². The van der Waals surface area contributed by atoms with Crippen LogP contribution in [0, 0.1) is 15.9 Å². The maximum absolute atomic E-state index is 14.1. The number of carbonyl (C=O) groups excluding carboxylic acids is 1. The van der Waals surface area contributed by atoms with Crippen molar-refractivity contribution in [2.24, 2.45) is 0 Å². The molecule has 0 saturated carbocycles. The van der Waals surface area contributed by atoms with E-state index in [1.165, 1.54) is 35.2 Å². The molecule has 7 nitrogen and oxygen atoms in total. The number of carbonyl (C=O) groups is 1. The zero-order chi connectivity index (χ0) is 25.8. The molecule has 0 bridgehead atoms. The number of thioether (sulfide) groups is 1. The summed E-state index contributed by atoms with van der Waals surface area (Å²) in [4.78, 5) is 25.3. The van der Waals surface area contributed by atoms with Gasteiger partial charge in [0.15, 0.2) is 15.8 Å². The molecule has 0 atom stereocenters. The molecule has 36 heavy (non-hydrogen) atoms. The van der Waals surface area contributed by atoms with Gasteiger partial charge < -0.3 is 9.47 Å². The highest BCUT2D eigenvalue weighted by Crippen LogP contribution is 2.38. The number of benzene rings is 3. The van der Waals surface area contributed by atoms with Gasteiger partial charge >= 0.3 is 0 Å². The molecule has 3 aromatic carbocycles. The van der Waals surface area contributed by atoms with Gasteiger partial charge in [0, 0.05) is 17.7 Å². The Hall–Kier alpha value is -3.47. The van der Waals surface area contributed by atoms with Crippen molar-refractivity contribution in [2.45, 2.75) is 13.5 Å². The first-order chi connectivity index (χ1) is 17.3. The van der Waals surface area contributed by atoms with Crippen LogP contribution in [0.2, 0.25) is 5.02 Å². The van der Waals surface area contributed by atoms with Gasteiger partial charge in [-0.2, -0.15) is 0 Å². The summed E-state index contributed by atoms with van der Waals surface area (Å²) in [7, 11) is 0. The molecule has 1 aliphatic rings. The van der Waals surface area contributed by atoms with Crippen molar-refractivity contribution in [1.29, 1.82) is 0 Å². The number of halogens is 2. The van der Waals surface area contributed by atoms with E-state index in [0.29, 0.717) is 34.3 Å². The number of non-ortho nitro benzene ring substituents is 1. The van der Waals surface area contributed by atoms with E-state index in [1.54, 1.807) is 36.4 Å². The molecule has 1 fully saturated rings. The van der Waals surface area contributed by atoms with Crippen LogP contribution < -0.4 is 14.4 Å². The van der Waals surface area contributed by atoms with E-state index in [2.05, 4.69) is 0 Å². The second kappa shape index (κ2) is 11.1. The molecule has 3 aromatic rings. The molecule has 1 aliphatic heterocycles. The first kappa shape index (κ1) is 25.6. The number of nitrogens with zero attached hydrogens (tertiary/aromatic N) is 2. The Morgan fingerprint density at radius 3 is 2.64 bits per heavy atom. The number of ether oxygens (including phenoxy) is 2. The smallest absolute Gasteiger partial charge is 0.271 e. The van der Waals surface area contributed by atoms with Crippen molar-refractivity contribution >= 4 is 63.3 Å². The summed E-state index contributed by atoms with van der Waals surface area (Å²) in [5.41, 5.74) is 1.06. The predicted octanol–water partition coefficient (Wildman–Crippen LogP) is 6.77. The van der Waals surface area contributed by atoms with Crippen LogP contribution in [0.5, 0.6) is 11.5 Å². The zero-order valence-corrected chi connectivity index (χ0v) is 21.2. The Balaban J connectivity index is 1.57. The lowest BCUT2D eigenvalue weighted by Gasteiger charge is -2.14. The monoisotopic (exact) mass is 544 g/mol. The summed E-state index contributed by atoms with van der Waals surface area (Å²) in [6, 6.07) is 15.2. The van der Waals surface area contributed by atoms with Crippen LogP contribution in [-0.4, -0.2) is 21.8 Å². The molecule has 184 valence electrons. The van der Waals surface area contributed by atoms with Crippen LogP contribution in [0.4, 0.5) is 15.8 Å². The van der Waals surface area contributed by atoms with E-state index in [-0.39, 0.29) is 27.2 Å². The average molecular weight is 545 g/mol. The highest BCUT2D eigenvalue weighted by molar-refractivity contribution is 8.27. The summed E-state index contributed by atoms with van der Waals surface area (Å²) < 4.78 is 25.8. The fourth-order valence-corrected chi connectivity index (χ4v) is 4.93. The molecular weight excluding hydrogens is 527 g/mol. The fraction of sp³-hybridized carbons (Fsp3) is 0.120. The third kappa shape index (κ3) is 5.51. The lowest BCUT2D eigenvalue weighted by Crippen LogP contribution is -2.27. The summed E-state index contributed by atoms with van der Waals surface area (Å²) in [5, 5.41) is 11.4. The Kier molecular flexibility index (Phi) is 7.88. The predicted molar refractivity (Wildman–Crippen MR) is 142 cm³/mol. The van der Waals surface area contributed by atoms with E-state index < -0.39 is 16.6 Å². The van der Waals surface area contributed by atoms with Crippen molar-refractivity contribution < 1.29 is 23.6 Å². The van der Waals surface area contributed by atoms with Crippen molar-refractivity contribution in [1.82, 2.24) is 0 Å². The van der Waals surface area contributed by atoms with Crippen LogP contribution in [-0.2, 0) is 11.4 Å². The van der Waals surface area contributed by atoms with Crippen molar-refractivity contribution in [3.63, 3.8) is 0 Å². The highest BCUT2D eigenvalue weighted by Gasteiger charge is 2.34. The van der Waals surface area contributed by atoms with Crippen LogP contribution in [0.15, 0.2) is 65.6 Å². The van der Waals surface area contributed by atoms with Crippen molar-refractivity contribution in [3.05, 3.63) is 97.6 Å². The number of hydrogen-bond acceptors (Lipinski definition) is 7. The Bertz CT molecular complexity index is 1380. The molecule has 1 amide bonds. The normalized spacial score (nSPS) is 14.4. The van der Waals surface area contributed by atoms with E-state index >= 15 is 0 Å². The number of amides is 1. The number of nitro groups is 1. The first-order valence-electron chi connectivity index (χ1n) is 10.6. The third-order valence-corrected chi connectivity index (χ3v) is 6.75. The lowest BCUT2D eigenvalue weighted by molar-refractivity contribution is -0.384. The second-order valence-electron chi connectivity index (χ2n) is 7.42. The molecule has 0 aromatic heterocycles. The molecule has 0 aliphatic carbocycles. The molecule has 1 saturated heterocycles. The minimum atomic E-state index is -0.532. The topological polar surface area (TPSA) is 81.9 Å². The van der Waals surface area contributed by atoms with Gasteiger partial charge in [0.25, 0.3) is 11.6 Å². The van der Waals surface area contributed by atoms with Gasteiger partial charge in [-0.05, 0) is 48.9 Å². The van der Waals surface area contributed by atoms with Gasteiger partial charge in [-0.25, -0.2) is 4.39 Å². The van der Waals surface area contributed by atoms with Gasteiger partial charge in [0.05, 0.1) is 27.1 Å². The molecule has 1 heterocycles. The first-order valence-corrected chi connectivity index (χ1v) is 12.2. The largest absolute Gasteiger partial charge is 0.490 e. The molecule has 11 heteroatoms. The van der Waals surface area contributed by atoms with Crippen LogP contribution in [0.1, 0.15) is 18.1 Å². The number of hydrogen-bond donors (Lipinski definition) is 0.